The van der Waals surface area contributed by atoms with Crippen LogP contribution in [0.5, 0.6) is 0 Å². The van der Waals surface area contributed by atoms with Gasteiger partial charge in [0, 0.05) is 58.4 Å². The molecule has 1 aromatic heterocycles. The van der Waals surface area contributed by atoms with Gasteiger partial charge in [0.25, 0.3) is 5.91 Å². The topological polar surface area (TPSA) is 49.7 Å². The molecule has 1 N–H and O–H groups in total. The van der Waals surface area contributed by atoms with Gasteiger partial charge >= 0.3 is 0 Å². The predicted molar refractivity (Wildman–Crippen MR) is 114 cm³/mol. The molecule has 0 unspecified atom stereocenters. The lowest BCUT2D eigenvalue weighted by Gasteiger charge is -2.27. The van der Waals surface area contributed by atoms with Crippen LogP contribution < -0.4 is 5.32 Å². The Balaban J connectivity index is 1.29. The van der Waals surface area contributed by atoms with E-state index in [0.717, 1.165) is 71.0 Å². The van der Waals surface area contributed by atoms with Gasteiger partial charge in [0.15, 0.2) is 0 Å². The molecule has 1 aromatic carbocycles. The van der Waals surface area contributed by atoms with Gasteiger partial charge in [0.1, 0.15) is 5.69 Å². The highest BCUT2D eigenvalue weighted by molar-refractivity contribution is 5.93. The maximum absolute atomic E-state index is 12.7. The van der Waals surface area contributed by atoms with E-state index < -0.39 is 0 Å². The molecule has 1 fully saturated rings. The molecule has 6 heteroatoms. The summed E-state index contributed by atoms with van der Waals surface area (Å²) in [5.41, 5.74) is 4.70. The number of morpholine rings is 1. The summed E-state index contributed by atoms with van der Waals surface area (Å²) in [6, 6.07) is 12.7. The van der Waals surface area contributed by atoms with Gasteiger partial charge in [-0.2, -0.15) is 0 Å². The van der Waals surface area contributed by atoms with E-state index in [1.165, 1.54) is 16.8 Å². The Morgan fingerprint density at radius 2 is 1.90 bits per heavy atom. The number of ether oxygens (including phenoxy) is 1. The molecular weight excluding hydrogens is 364 g/mol. The van der Waals surface area contributed by atoms with Gasteiger partial charge in [-0.25, -0.2) is 0 Å². The van der Waals surface area contributed by atoms with Crippen molar-refractivity contribution in [1.29, 1.82) is 0 Å². The highest BCUT2D eigenvalue weighted by atomic mass is 16.5. The number of rotatable bonds is 7. The van der Waals surface area contributed by atoms with E-state index in [1.807, 2.05) is 7.05 Å². The summed E-state index contributed by atoms with van der Waals surface area (Å²) in [5.74, 6) is 0.0403. The van der Waals surface area contributed by atoms with Crippen molar-refractivity contribution in [3.8, 4) is 0 Å². The van der Waals surface area contributed by atoms with E-state index in [-0.39, 0.29) is 5.91 Å². The number of carbonyl (C=O) groups excluding carboxylic acids is 1. The van der Waals surface area contributed by atoms with Crippen molar-refractivity contribution in [2.75, 3.05) is 45.9 Å². The Morgan fingerprint density at radius 3 is 2.69 bits per heavy atom. The molecule has 0 radical (unpaired) electrons. The summed E-state index contributed by atoms with van der Waals surface area (Å²) in [6.45, 7) is 8.26. The number of nitrogens with zero attached hydrogens (tertiary/aromatic N) is 3. The Morgan fingerprint density at radius 1 is 1.10 bits per heavy atom. The Labute approximate surface area is 173 Å². The van der Waals surface area contributed by atoms with Gasteiger partial charge in [-0.3, -0.25) is 14.6 Å². The highest BCUT2D eigenvalue weighted by Crippen LogP contribution is 2.23. The summed E-state index contributed by atoms with van der Waals surface area (Å²) in [4.78, 5) is 17.6. The summed E-state index contributed by atoms with van der Waals surface area (Å²) >= 11 is 0. The molecule has 156 valence electrons. The molecule has 0 aliphatic carbocycles. The van der Waals surface area contributed by atoms with E-state index >= 15 is 0 Å². The SMILES string of the molecule is Cn1c(C(=O)NCCCN2CCOCC2)cc2c1CCN(Cc1ccccc1)C2. The summed E-state index contributed by atoms with van der Waals surface area (Å²) < 4.78 is 7.47. The maximum Gasteiger partial charge on any atom is 0.267 e. The smallest absolute Gasteiger partial charge is 0.267 e. The van der Waals surface area contributed by atoms with Crippen LogP contribution >= 0.6 is 0 Å². The van der Waals surface area contributed by atoms with E-state index in [1.54, 1.807) is 0 Å². The molecule has 6 nitrogen and oxygen atoms in total. The number of carbonyl (C=O) groups is 1. The zero-order valence-electron chi connectivity index (χ0n) is 17.4. The molecule has 2 aliphatic heterocycles. The molecule has 29 heavy (non-hydrogen) atoms. The van der Waals surface area contributed by atoms with Crippen molar-refractivity contribution in [1.82, 2.24) is 19.7 Å². The van der Waals surface area contributed by atoms with Gasteiger partial charge in [0.05, 0.1) is 13.2 Å². The summed E-state index contributed by atoms with van der Waals surface area (Å²) in [7, 11) is 2.02. The zero-order valence-corrected chi connectivity index (χ0v) is 17.4. The van der Waals surface area contributed by atoms with Gasteiger partial charge < -0.3 is 14.6 Å². The van der Waals surface area contributed by atoms with E-state index in [9.17, 15) is 4.79 Å². The minimum atomic E-state index is 0.0403. The average Bonchev–Trinajstić information content (AvgIpc) is 3.08. The van der Waals surface area contributed by atoms with Crippen molar-refractivity contribution < 1.29 is 9.53 Å². The second-order valence-corrected chi connectivity index (χ2v) is 8.07. The molecule has 1 amide bonds. The molecule has 1 saturated heterocycles. The van der Waals surface area contributed by atoms with Gasteiger partial charge in [0.2, 0.25) is 0 Å². The largest absolute Gasteiger partial charge is 0.379 e. The normalized spacial score (nSPS) is 17.8. The van der Waals surface area contributed by atoms with Crippen molar-refractivity contribution in [2.24, 2.45) is 7.05 Å². The van der Waals surface area contributed by atoms with Crippen molar-refractivity contribution >= 4 is 5.91 Å². The third-order valence-corrected chi connectivity index (χ3v) is 6.03. The summed E-state index contributed by atoms with van der Waals surface area (Å²) in [5, 5.41) is 3.11. The van der Waals surface area contributed by atoms with Crippen LogP contribution in [0.4, 0.5) is 0 Å². The second-order valence-electron chi connectivity index (χ2n) is 8.07. The molecule has 0 saturated carbocycles. The van der Waals surface area contributed by atoms with Crippen LogP contribution in [0.15, 0.2) is 36.4 Å². The first-order valence-electron chi connectivity index (χ1n) is 10.7. The number of fused-ring (bicyclic) bond motifs is 1. The lowest BCUT2D eigenvalue weighted by Crippen LogP contribution is -2.38. The highest BCUT2D eigenvalue weighted by Gasteiger charge is 2.23. The minimum Gasteiger partial charge on any atom is -0.379 e. The van der Waals surface area contributed by atoms with Gasteiger partial charge in [-0.15, -0.1) is 0 Å². The van der Waals surface area contributed by atoms with Gasteiger partial charge in [-0.1, -0.05) is 30.3 Å². The van der Waals surface area contributed by atoms with Crippen LogP contribution in [0.1, 0.15) is 33.7 Å². The third-order valence-electron chi connectivity index (χ3n) is 6.03. The lowest BCUT2D eigenvalue weighted by molar-refractivity contribution is 0.0374. The van der Waals surface area contributed by atoms with E-state index in [2.05, 4.69) is 56.1 Å². The first-order chi connectivity index (χ1) is 14.2. The molecule has 3 heterocycles. The quantitative estimate of drug-likeness (QED) is 0.728. The molecule has 2 aliphatic rings. The van der Waals surface area contributed by atoms with Crippen molar-refractivity contribution in [2.45, 2.75) is 25.9 Å². The Bertz CT molecular complexity index is 812. The molecule has 0 atom stereocenters. The monoisotopic (exact) mass is 396 g/mol. The van der Waals surface area contributed by atoms with Crippen molar-refractivity contribution in [3.05, 3.63) is 58.9 Å². The van der Waals surface area contributed by atoms with Crippen LogP contribution in [0.3, 0.4) is 0 Å². The first kappa shape index (κ1) is 20.1. The zero-order chi connectivity index (χ0) is 20.1. The number of hydrogen-bond donors (Lipinski definition) is 1. The third kappa shape index (κ3) is 5.07. The number of hydrogen-bond acceptors (Lipinski definition) is 4. The van der Waals surface area contributed by atoms with Crippen LogP contribution in [-0.4, -0.2) is 66.2 Å². The molecule has 2 aromatic rings. The fraction of sp³-hybridized carbons (Fsp3) is 0.522. The molecule has 4 rings (SSSR count). The van der Waals surface area contributed by atoms with Crippen molar-refractivity contribution in [3.63, 3.8) is 0 Å². The van der Waals surface area contributed by atoms with Crippen LogP contribution in [0.25, 0.3) is 0 Å². The lowest BCUT2D eigenvalue weighted by atomic mass is 10.1. The van der Waals surface area contributed by atoms with E-state index in [0.29, 0.717) is 6.54 Å². The Hall–Kier alpha value is -2.15. The molecular formula is C23H32N4O2. The number of nitrogens with one attached hydrogen (secondary N) is 1. The fourth-order valence-corrected chi connectivity index (χ4v) is 4.37. The molecule has 0 bridgehead atoms. The standard InChI is InChI=1S/C23H32N4O2/c1-25-21-8-11-27(17-19-6-3-2-4-7-19)18-20(21)16-22(25)23(28)24-9-5-10-26-12-14-29-15-13-26/h2-4,6-7,16H,5,8-15,17-18H2,1H3,(H,24,28). The number of aromatic nitrogens is 1. The molecule has 0 spiro atoms. The minimum absolute atomic E-state index is 0.0403. The second kappa shape index (κ2) is 9.57. The fourth-order valence-electron chi connectivity index (χ4n) is 4.37. The van der Waals surface area contributed by atoms with Crippen LogP contribution in [0.2, 0.25) is 0 Å². The van der Waals surface area contributed by atoms with Crippen LogP contribution in [0, 0.1) is 0 Å². The number of benzene rings is 1. The Kier molecular flexibility index (Phi) is 6.64. The first-order valence-corrected chi connectivity index (χ1v) is 10.7. The van der Waals surface area contributed by atoms with Crippen LogP contribution in [-0.2, 0) is 31.3 Å². The average molecular weight is 397 g/mol. The maximum atomic E-state index is 12.7. The number of amides is 1. The van der Waals surface area contributed by atoms with E-state index in [4.69, 9.17) is 4.74 Å². The predicted octanol–water partition coefficient (Wildman–Crippen LogP) is 2.04. The van der Waals surface area contributed by atoms with Gasteiger partial charge in [-0.05, 0) is 30.2 Å². The summed E-state index contributed by atoms with van der Waals surface area (Å²) in [6.07, 6.45) is 1.96.